The first kappa shape index (κ1) is 78.5. The Hall–Kier alpha value is -1.54. The molecule has 0 fully saturated rings. The number of hydrogen-bond donors (Lipinski definition) is 2. The molecule has 0 aliphatic carbocycles. The highest BCUT2D eigenvalue weighted by Gasteiger charge is 2.23. The van der Waals surface area contributed by atoms with Crippen LogP contribution in [0, 0.1) is 0 Å². The van der Waals surface area contributed by atoms with Crippen LogP contribution in [0.5, 0.6) is 0 Å². The number of nitrogens with zero attached hydrogens (tertiary/aromatic N) is 1. The molecule has 0 aromatic rings. The summed E-state index contributed by atoms with van der Waals surface area (Å²) in [5.41, 5.74) is 0. The Kier molecular flexibility index (Phi) is 60.8. The first-order valence-electron chi connectivity index (χ1n) is 35.0. The lowest BCUT2D eigenvalue weighted by molar-refractivity contribution is -0.870. The van der Waals surface area contributed by atoms with Crippen molar-refractivity contribution in [2.24, 2.45) is 0 Å². The Morgan fingerprint density at radius 1 is 0.438 bits per heavy atom. The van der Waals surface area contributed by atoms with Gasteiger partial charge in [-0.15, -0.1) is 0 Å². The lowest BCUT2D eigenvalue weighted by Gasteiger charge is -2.29. The van der Waals surface area contributed by atoms with Crippen LogP contribution in [0.25, 0.3) is 0 Å². The maximum atomic E-state index is 13.0. The highest BCUT2D eigenvalue weighted by atomic mass is 31.2. The number of unbranched alkanes of at least 4 members (excludes halogenated alkanes) is 46. The highest BCUT2D eigenvalue weighted by molar-refractivity contribution is 7.45. The molecule has 3 atom stereocenters. The van der Waals surface area contributed by atoms with E-state index in [9.17, 15) is 19.4 Å². The van der Waals surface area contributed by atoms with Gasteiger partial charge in [-0.3, -0.25) is 9.36 Å². The van der Waals surface area contributed by atoms with Gasteiger partial charge in [0, 0.05) is 6.42 Å². The fraction of sp³-hybridized carbons (Fsp3) is 0.873. The second-order valence-electron chi connectivity index (χ2n) is 25.2. The molecule has 0 radical (unpaired) electrons. The molecule has 0 saturated heterocycles. The number of hydrogen-bond acceptors (Lipinski definition) is 6. The molecule has 0 spiro atoms. The molecular weight excluding hydrogens is 1010 g/mol. The van der Waals surface area contributed by atoms with Crippen LogP contribution in [0.1, 0.15) is 348 Å². The van der Waals surface area contributed by atoms with Crippen molar-refractivity contribution in [3.8, 4) is 0 Å². The zero-order chi connectivity index (χ0) is 58.4. The van der Waals surface area contributed by atoms with Crippen molar-refractivity contribution in [1.29, 1.82) is 0 Å². The van der Waals surface area contributed by atoms with E-state index in [1.54, 1.807) is 6.08 Å². The van der Waals surface area contributed by atoms with Gasteiger partial charge in [0.15, 0.2) is 0 Å². The molecule has 0 saturated carbocycles. The van der Waals surface area contributed by atoms with Crippen molar-refractivity contribution < 1.29 is 32.9 Å². The molecule has 0 aromatic heterocycles. The number of nitrogens with one attached hydrogen (secondary N) is 1. The van der Waals surface area contributed by atoms with Gasteiger partial charge >= 0.3 is 0 Å². The Bertz CT molecular complexity index is 1440. The van der Waals surface area contributed by atoms with Gasteiger partial charge in [0.25, 0.3) is 7.82 Å². The number of aliphatic hydroxyl groups excluding tert-OH is 1. The normalized spacial score (nSPS) is 13.9. The fourth-order valence-corrected chi connectivity index (χ4v) is 11.3. The topological polar surface area (TPSA) is 108 Å². The molecule has 0 heterocycles. The van der Waals surface area contributed by atoms with E-state index in [-0.39, 0.29) is 12.5 Å². The van der Waals surface area contributed by atoms with E-state index < -0.39 is 26.6 Å². The summed E-state index contributed by atoms with van der Waals surface area (Å²) in [6.07, 6.45) is 83.9. The highest BCUT2D eigenvalue weighted by Crippen LogP contribution is 2.38. The number of allylic oxidation sites excluding steroid dienone is 7. The molecule has 1 amide bonds. The van der Waals surface area contributed by atoms with Gasteiger partial charge in [0.1, 0.15) is 13.2 Å². The van der Waals surface area contributed by atoms with Crippen LogP contribution in [0.15, 0.2) is 48.6 Å². The second kappa shape index (κ2) is 62.0. The number of aliphatic hydroxyl groups is 1. The summed E-state index contributed by atoms with van der Waals surface area (Å²) >= 11 is 0. The number of carbonyl (C=O) groups is 1. The zero-order valence-electron chi connectivity index (χ0n) is 54.0. The van der Waals surface area contributed by atoms with Gasteiger partial charge in [-0.25, -0.2) is 0 Å². The quantitative estimate of drug-likeness (QED) is 0.0272. The maximum absolute atomic E-state index is 13.0. The monoisotopic (exact) mass is 1150 g/mol. The minimum atomic E-state index is -4.61. The van der Waals surface area contributed by atoms with Crippen molar-refractivity contribution in [1.82, 2.24) is 5.32 Å². The Balaban J connectivity index is 3.98. The van der Waals surface area contributed by atoms with E-state index in [2.05, 4.69) is 55.6 Å². The van der Waals surface area contributed by atoms with Gasteiger partial charge in [-0.2, -0.15) is 0 Å². The van der Waals surface area contributed by atoms with Crippen molar-refractivity contribution in [3.63, 3.8) is 0 Å². The third-order valence-electron chi connectivity index (χ3n) is 16.0. The number of amides is 1. The summed E-state index contributed by atoms with van der Waals surface area (Å²) in [7, 11) is 1.25. The van der Waals surface area contributed by atoms with Gasteiger partial charge < -0.3 is 28.8 Å². The average molecular weight is 1150 g/mol. The van der Waals surface area contributed by atoms with Crippen LogP contribution in [0.4, 0.5) is 0 Å². The zero-order valence-corrected chi connectivity index (χ0v) is 54.9. The molecule has 3 unspecified atom stereocenters. The predicted octanol–water partition coefficient (Wildman–Crippen LogP) is 21.6. The number of phosphoric ester groups is 1. The third kappa shape index (κ3) is 64.0. The SMILES string of the molecule is CCCCCCCCCCCCCCC/C=C/CC/C=C/C(O)C(COP(=O)([O-])OCC[N+](C)(C)C)NC(=O)CCCCCCCCCCCCCCCCCCC/C=C\C/C=C\CCCCCCCCCCCCCCCCC. The van der Waals surface area contributed by atoms with E-state index in [0.717, 1.165) is 44.9 Å². The standard InChI is InChI=1S/C71H137N2O6P/c1-6-8-10-12-14-16-18-20-22-24-26-27-28-29-30-31-32-33-34-35-36-37-38-39-40-41-42-43-44-45-47-49-51-53-55-57-59-61-63-65-71(75)72-69(68-79-80(76,77)78-67-66-73(3,4)5)70(74)64-62-60-58-56-54-52-50-48-46-25-23-21-19-17-15-13-11-9-7-2/h32-33,35-36,54,56,62,64,69-70,74H,6-31,34,37-53,55,57-61,63,65-68H2,1-5H3,(H-,72,75,76,77)/b33-32-,36-35-,56-54+,64-62+. The van der Waals surface area contributed by atoms with Crippen LogP contribution in [0.2, 0.25) is 0 Å². The average Bonchev–Trinajstić information content (AvgIpc) is 3.42. The summed E-state index contributed by atoms with van der Waals surface area (Å²) < 4.78 is 23.4. The van der Waals surface area contributed by atoms with Gasteiger partial charge in [-0.1, -0.05) is 326 Å². The Morgan fingerprint density at radius 2 is 0.738 bits per heavy atom. The van der Waals surface area contributed by atoms with Crippen LogP contribution < -0.4 is 10.2 Å². The fourth-order valence-electron chi connectivity index (χ4n) is 10.6. The Labute approximate surface area is 499 Å². The van der Waals surface area contributed by atoms with E-state index in [4.69, 9.17) is 9.05 Å². The molecule has 0 bridgehead atoms. The molecule has 0 aliphatic rings. The predicted molar refractivity (Wildman–Crippen MR) is 348 cm³/mol. The van der Waals surface area contributed by atoms with E-state index in [0.29, 0.717) is 17.4 Å². The summed E-state index contributed by atoms with van der Waals surface area (Å²) in [6.45, 7) is 4.67. The molecule has 0 aliphatic heterocycles. The number of rotatable bonds is 65. The molecule has 9 heteroatoms. The number of carbonyl (C=O) groups excluding carboxylic acids is 1. The van der Waals surface area contributed by atoms with Crippen molar-refractivity contribution in [3.05, 3.63) is 48.6 Å². The molecule has 0 rings (SSSR count). The van der Waals surface area contributed by atoms with Crippen LogP contribution in [0.3, 0.4) is 0 Å². The number of likely N-dealkylation sites (N-methyl/N-ethyl adjacent to an activating group) is 1. The lowest BCUT2D eigenvalue weighted by Crippen LogP contribution is -2.45. The van der Waals surface area contributed by atoms with E-state index in [1.165, 1.54) is 283 Å². The van der Waals surface area contributed by atoms with E-state index >= 15 is 0 Å². The van der Waals surface area contributed by atoms with Crippen molar-refractivity contribution in [2.45, 2.75) is 360 Å². The summed E-state index contributed by atoms with van der Waals surface area (Å²) in [5.74, 6) is -0.203. The van der Waals surface area contributed by atoms with Crippen LogP contribution >= 0.6 is 7.82 Å². The summed E-state index contributed by atoms with van der Waals surface area (Å²) in [5, 5.41) is 13.9. The van der Waals surface area contributed by atoms with E-state index in [1.807, 2.05) is 27.2 Å². The van der Waals surface area contributed by atoms with Gasteiger partial charge in [-0.05, 0) is 64.2 Å². The number of phosphoric acid groups is 1. The van der Waals surface area contributed by atoms with Crippen molar-refractivity contribution in [2.75, 3.05) is 40.9 Å². The molecule has 472 valence electrons. The Morgan fingerprint density at radius 3 is 1.09 bits per heavy atom. The minimum absolute atomic E-state index is 0.00579. The summed E-state index contributed by atoms with van der Waals surface area (Å²) in [6, 6.07) is -0.904. The lowest BCUT2D eigenvalue weighted by atomic mass is 10.0. The van der Waals surface area contributed by atoms with Crippen LogP contribution in [-0.2, 0) is 18.4 Å². The third-order valence-corrected chi connectivity index (χ3v) is 17.0. The second-order valence-corrected chi connectivity index (χ2v) is 26.6. The molecule has 2 N–H and O–H groups in total. The summed E-state index contributed by atoms with van der Waals surface area (Å²) in [4.78, 5) is 25.6. The molecule has 80 heavy (non-hydrogen) atoms. The smallest absolute Gasteiger partial charge is 0.268 e. The van der Waals surface area contributed by atoms with Gasteiger partial charge in [0.05, 0.1) is 39.9 Å². The van der Waals surface area contributed by atoms with Gasteiger partial charge in [0.2, 0.25) is 5.91 Å². The molecule has 0 aromatic carbocycles. The first-order chi connectivity index (χ1) is 39.0. The molecular formula is C71H137N2O6P. The van der Waals surface area contributed by atoms with Crippen LogP contribution in [-0.4, -0.2) is 68.5 Å². The number of quaternary nitrogens is 1. The first-order valence-corrected chi connectivity index (χ1v) is 36.5. The molecule has 8 nitrogen and oxygen atoms in total. The van der Waals surface area contributed by atoms with Crippen molar-refractivity contribution >= 4 is 13.7 Å². The minimum Gasteiger partial charge on any atom is -0.756 e. The maximum Gasteiger partial charge on any atom is 0.268 e. The largest absolute Gasteiger partial charge is 0.756 e.